The van der Waals surface area contributed by atoms with Crippen molar-refractivity contribution >= 4 is 15.9 Å². The van der Waals surface area contributed by atoms with Crippen LogP contribution in [0, 0.1) is 0 Å². The summed E-state index contributed by atoms with van der Waals surface area (Å²) < 4.78 is 32.5. The molecule has 1 aromatic carbocycles. The Hall–Kier alpha value is -1.60. The van der Waals surface area contributed by atoms with Crippen molar-refractivity contribution in [3.05, 3.63) is 24.3 Å². The summed E-state index contributed by atoms with van der Waals surface area (Å²) in [5.41, 5.74) is -0.550. The number of benzene rings is 1. The van der Waals surface area contributed by atoms with Crippen LogP contribution in [0.4, 0.5) is 0 Å². The Morgan fingerprint density at radius 1 is 1.12 bits per heavy atom. The van der Waals surface area contributed by atoms with Crippen LogP contribution >= 0.6 is 0 Å². The molecular formula is C18H28N2O4S. The zero-order chi connectivity index (χ0) is 18.5. The lowest BCUT2D eigenvalue weighted by atomic mass is 9.95. The molecule has 0 atom stereocenters. The van der Waals surface area contributed by atoms with Crippen molar-refractivity contribution < 1.29 is 17.9 Å². The summed E-state index contributed by atoms with van der Waals surface area (Å²) in [5, 5.41) is 2.98. The van der Waals surface area contributed by atoms with Gasteiger partial charge in [0.15, 0.2) is 6.61 Å². The molecular weight excluding hydrogens is 340 g/mol. The van der Waals surface area contributed by atoms with Gasteiger partial charge in [-0.15, -0.1) is 0 Å². The number of ether oxygens (including phenoxy) is 1. The Labute approximate surface area is 150 Å². The van der Waals surface area contributed by atoms with Gasteiger partial charge in [-0.3, -0.25) is 4.79 Å². The maximum atomic E-state index is 12.2. The number of amides is 1. The van der Waals surface area contributed by atoms with Crippen LogP contribution in [-0.2, 0) is 14.8 Å². The molecule has 1 fully saturated rings. The lowest BCUT2D eigenvalue weighted by Crippen LogP contribution is -2.40. The smallest absolute Gasteiger partial charge is 0.258 e. The normalized spacial score (nSPS) is 16.4. The third kappa shape index (κ3) is 6.66. The van der Waals surface area contributed by atoms with Crippen molar-refractivity contribution in [3.63, 3.8) is 0 Å². The summed E-state index contributed by atoms with van der Waals surface area (Å²) in [7, 11) is -3.57. The topological polar surface area (TPSA) is 84.5 Å². The highest BCUT2D eigenvalue weighted by atomic mass is 32.2. The van der Waals surface area contributed by atoms with E-state index in [0.29, 0.717) is 5.75 Å². The van der Waals surface area contributed by atoms with Crippen LogP contribution in [-0.4, -0.2) is 32.5 Å². The Morgan fingerprint density at radius 3 is 2.28 bits per heavy atom. The van der Waals surface area contributed by atoms with Crippen molar-refractivity contribution in [2.24, 2.45) is 0 Å². The van der Waals surface area contributed by atoms with Crippen LogP contribution in [0.1, 0.15) is 52.9 Å². The Morgan fingerprint density at radius 2 is 1.72 bits per heavy atom. The Bertz CT molecular complexity index is 672. The van der Waals surface area contributed by atoms with Crippen LogP contribution in [0.3, 0.4) is 0 Å². The molecule has 0 radical (unpaired) electrons. The van der Waals surface area contributed by atoms with Gasteiger partial charge in [0.05, 0.1) is 4.90 Å². The average molecular weight is 368 g/mol. The molecule has 0 unspecified atom stereocenters. The first-order chi connectivity index (χ1) is 11.7. The molecule has 0 aliphatic heterocycles. The minimum absolute atomic E-state index is 0.0666. The first-order valence-electron chi connectivity index (χ1n) is 8.72. The largest absolute Gasteiger partial charge is 0.484 e. The third-order valence-corrected chi connectivity index (χ3v) is 5.69. The van der Waals surface area contributed by atoms with E-state index in [0.717, 1.165) is 25.7 Å². The highest BCUT2D eigenvalue weighted by molar-refractivity contribution is 7.89. The second kappa shape index (κ2) is 8.19. The first-order valence-corrected chi connectivity index (χ1v) is 10.2. The monoisotopic (exact) mass is 368 g/mol. The van der Waals surface area contributed by atoms with E-state index < -0.39 is 15.6 Å². The van der Waals surface area contributed by atoms with Gasteiger partial charge in [-0.25, -0.2) is 13.1 Å². The molecule has 0 bridgehead atoms. The van der Waals surface area contributed by atoms with E-state index in [9.17, 15) is 13.2 Å². The third-order valence-electron chi connectivity index (χ3n) is 3.91. The van der Waals surface area contributed by atoms with Crippen molar-refractivity contribution in [1.29, 1.82) is 0 Å². The van der Waals surface area contributed by atoms with Crippen LogP contribution in [0.5, 0.6) is 5.75 Å². The number of nitrogens with one attached hydrogen (secondary N) is 2. The van der Waals surface area contributed by atoms with Crippen LogP contribution in [0.2, 0.25) is 0 Å². The standard InChI is InChI=1S/C18H28N2O4S/c1-18(2,3)20-25(22,23)16-11-9-15(10-12-16)24-13-17(21)19-14-7-5-4-6-8-14/h9-12,14,20H,4-8,13H2,1-3H3,(H,19,21). The van der Waals surface area contributed by atoms with Crippen molar-refractivity contribution in [2.75, 3.05) is 6.61 Å². The van der Waals surface area contributed by atoms with Gasteiger partial charge < -0.3 is 10.1 Å². The molecule has 1 saturated carbocycles. The summed E-state index contributed by atoms with van der Waals surface area (Å²) in [6.45, 7) is 5.29. The molecule has 2 rings (SSSR count). The fourth-order valence-corrected chi connectivity index (χ4v) is 4.26. The minimum atomic E-state index is -3.57. The SMILES string of the molecule is CC(C)(C)NS(=O)(=O)c1ccc(OCC(=O)NC2CCCCC2)cc1. The van der Waals surface area contributed by atoms with Crippen molar-refractivity contribution in [3.8, 4) is 5.75 Å². The van der Waals surface area contributed by atoms with Gasteiger partial charge in [-0.1, -0.05) is 19.3 Å². The van der Waals surface area contributed by atoms with Crippen LogP contribution in [0.25, 0.3) is 0 Å². The van der Waals surface area contributed by atoms with Gasteiger partial charge in [0.2, 0.25) is 10.0 Å². The van der Waals surface area contributed by atoms with Gasteiger partial charge >= 0.3 is 0 Å². The maximum absolute atomic E-state index is 12.2. The van der Waals surface area contributed by atoms with E-state index >= 15 is 0 Å². The van der Waals surface area contributed by atoms with Gasteiger partial charge in [-0.2, -0.15) is 0 Å². The molecule has 140 valence electrons. The summed E-state index contributed by atoms with van der Waals surface area (Å²) in [6.07, 6.45) is 5.61. The summed E-state index contributed by atoms with van der Waals surface area (Å²) in [6, 6.07) is 6.32. The summed E-state index contributed by atoms with van der Waals surface area (Å²) in [5.74, 6) is 0.325. The van der Waals surface area contributed by atoms with E-state index in [-0.39, 0.29) is 23.5 Å². The molecule has 0 saturated heterocycles. The molecule has 25 heavy (non-hydrogen) atoms. The highest BCUT2D eigenvalue weighted by Gasteiger charge is 2.22. The molecule has 0 aromatic heterocycles. The lowest BCUT2D eigenvalue weighted by molar-refractivity contribution is -0.124. The number of hydrogen-bond donors (Lipinski definition) is 2. The molecule has 1 aliphatic carbocycles. The molecule has 0 spiro atoms. The fourth-order valence-electron chi connectivity index (χ4n) is 2.84. The second-order valence-electron chi connectivity index (χ2n) is 7.52. The molecule has 1 aromatic rings. The van der Waals surface area contributed by atoms with E-state index in [4.69, 9.17) is 4.74 Å². The molecule has 0 heterocycles. The van der Waals surface area contributed by atoms with Crippen molar-refractivity contribution in [2.45, 2.75) is 69.4 Å². The molecule has 7 heteroatoms. The van der Waals surface area contributed by atoms with E-state index in [1.165, 1.54) is 18.6 Å². The average Bonchev–Trinajstić information content (AvgIpc) is 2.52. The lowest BCUT2D eigenvalue weighted by Gasteiger charge is -2.22. The quantitative estimate of drug-likeness (QED) is 0.808. The predicted octanol–water partition coefficient (Wildman–Crippen LogP) is 2.59. The summed E-state index contributed by atoms with van der Waals surface area (Å²) in [4.78, 5) is 12.1. The van der Waals surface area contributed by atoms with Gasteiger partial charge in [0.25, 0.3) is 5.91 Å². The first kappa shape index (κ1) is 19.7. The number of hydrogen-bond acceptors (Lipinski definition) is 4. The van der Waals surface area contributed by atoms with Gasteiger partial charge in [-0.05, 0) is 57.9 Å². The number of rotatable bonds is 6. The molecule has 1 amide bonds. The maximum Gasteiger partial charge on any atom is 0.258 e. The highest BCUT2D eigenvalue weighted by Crippen LogP contribution is 2.19. The van der Waals surface area contributed by atoms with E-state index in [1.807, 2.05) is 0 Å². The Kier molecular flexibility index (Phi) is 6.46. The minimum Gasteiger partial charge on any atom is -0.484 e. The predicted molar refractivity (Wildman–Crippen MR) is 97.0 cm³/mol. The van der Waals surface area contributed by atoms with Gasteiger partial charge in [0, 0.05) is 11.6 Å². The zero-order valence-corrected chi connectivity index (χ0v) is 16.0. The van der Waals surface area contributed by atoms with E-state index in [1.54, 1.807) is 32.9 Å². The molecule has 1 aliphatic rings. The number of carbonyl (C=O) groups is 1. The van der Waals surface area contributed by atoms with Crippen LogP contribution < -0.4 is 14.8 Å². The zero-order valence-electron chi connectivity index (χ0n) is 15.2. The Balaban J connectivity index is 1.86. The second-order valence-corrected chi connectivity index (χ2v) is 9.20. The van der Waals surface area contributed by atoms with Gasteiger partial charge in [0.1, 0.15) is 5.75 Å². The fraction of sp³-hybridized carbons (Fsp3) is 0.611. The summed E-state index contributed by atoms with van der Waals surface area (Å²) >= 11 is 0. The molecule has 6 nitrogen and oxygen atoms in total. The molecule has 2 N–H and O–H groups in total. The van der Waals surface area contributed by atoms with E-state index in [2.05, 4.69) is 10.0 Å². The van der Waals surface area contributed by atoms with Crippen molar-refractivity contribution in [1.82, 2.24) is 10.0 Å². The number of sulfonamides is 1. The number of carbonyl (C=O) groups excluding carboxylic acids is 1. The van der Waals surface area contributed by atoms with Crippen LogP contribution in [0.15, 0.2) is 29.2 Å².